The van der Waals surface area contributed by atoms with Crippen LogP contribution in [0.4, 0.5) is 0 Å². The molecule has 0 aliphatic rings. The lowest BCUT2D eigenvalue weighted by Gasteiger charge is -2.17. The Kier molecular flexibility index (Phi) is 4.10. The minimum Gasteiger partial charge on any atom is -0.0858 e. The van der Waals surface area contributed by atoms with Crippen molar-refractivity contribution in [3.63, 3.8) is 0 Å². The van der Waals surface area contributed by atoms with Gasteiger partial charge in [-0.2, -0.15) is 0 Å². The smallest absolute Gasteiger partial charge is 0.0529 e. The van der Waals surface area contributed by atoms with Crippen LogP contribution in [0.1, 0.15) is 22.3 Å². The molecule has 94 valence electrons. The van der Waals surface area contributed by atoms with E-state index in [0.717, 1.165) is 0 Å². The van der Waals surface area contributed by atoms with E-state index in [4.69, 9.17) is 11.2 Å². The second-order valence-electron chi connectivity index (χ2n) is 4.72. The standard InChI is InChI=1S/C16H18ClP/c1-11-7-5-9-15(13(11)3)18(17)16-10-6-8-12(2)14(16)4/h5-10H,1-4H3. The summed E-state index contributed by atoms with van der Waals surface area (Å²) in [5, 5.41) is 2.56. The van der Waals surface area contributed by atoms with E-state index in [1.54, 1.807) is 0 Å². The van der Waals surface area contributed by atoms with E-state index in [0.29, 0.717) is 0 Å². The highest BCUT2D eigenvalue weighted by molar-refractivity contribution is 7.95. The van der Waals surface area contributed by atoms with E-state index >= 15 is 0 Å². The van der Waals surface area contributed by atoms with Crippen LogP contribution in [0.5, 0.6) is 0 Å². The van der Waals surface area contributed by atoms with Crippen LogP contribution in [0.2, 0.25) is 0 Å². The molecule has 0 atom stereocenters. The van der Waals surface area contributed by atoms with Gasteiger partial charge in [0.25, 0.3) is 0 Å². The first kappa shape index (κ1) is 13.6. The van der Waals surface area contributed by atoms with E-state index in [2.05, 4.69) is 64.1 Å². The summed E-state index contributed by atoms with van der Waals surface area (Å²) >= 11 is 6.75. The fraction of sp³-hybridized carbons (Fsp3) is 0.250. The molecule has 0 aliphatic heterocycles. The van der Waals surface area contributed by atoms with Crippen LogP contribution in [0.25, 0.3) is 0 Å². The maximum absolute atomic E-state index is 6.75. The molecule has 18 heavy (non-hydrogen) atoms. The van der Waals surface area contributed by atoms with Gasteiger partial charge in [0.1, 0.15) is 0 Å². The normalized spacial score (nSPS) is 11.0. The molecule has 2 aromatic carbocycles. The number of aryl methyl sites for hydroxylation is 2. The molecule has 0 N–H and O–H groups in total. The van der Waals surface area contributed by atoms with Gasteiger partial charge in [0.05, 0.1) is 7.27 Å². The monoisotopic (exact) mass is 276 g/mol. The van der Waals surface area contributed by atoms with Gasteiger partial charge in [-0.1, -0.05) is 47.6 Å². The maximum Gasteiger partial charge on any atom is 0.0529 e. The molecule has 0 saturated heterocycles. The molecule has 0 aliphatic carbocycles. The van der Waals surface area contributed by atoms with Crippen LogP contribution in [-0.4, -0.2) is 0 Å². The van der Waals surface area contributed by atoms with E-state index < -0.39 is 7.27 Å². The Balaban J connectivity index is 2.51. The second kappa shape index (κ2) is 5.43. The average molecular weight is 277 g/mol. The summed E-state index contributed by atoms with van der Waals surface area (Å²) in [6, 6.07) is 12.8. The lowest BCUT2D eigenvalue weighted by Crippen LogP contribution is -2.15. The summed E-state index contributed by atoms with van der Waals surface area (Å²) in [5.74, 6) is 0. The van der Waals surface area contributed by atoms with Crippen molar-refractivity contribution in [3.05, 3.63) is 58.7 Å². The molecule has 0 radical (unpaired) electrons. The second-order valence-corrected chi connectivity index (χ2v) is 7.26. The van der Waals surface area contributed by atoms with Gasteiger partial charge >= 0.3 is 0 Å². The van der Waals surface area contributed by atoms with Gasteiger partial charge < -0.3 is 0 Å². The van der Waals surface area contributed by atoms with Crippen LogP contribution in [0.15, 0.2) is 36.4 Å². The zero-order chi connectivity index (χ0) is 13.3. The third-order valence-electron chi connectivity index (χ3n) is 3.58. The van der Waals surface area contributed by atoms with Gasteiger partial charge in [-0.05, 0) is 60.6 Å². The Morgan fingerprint density at radius 3 is 1.50 bits per heavy atom. The van der Waals surface area contributed by atoms with Crippen LogP contribution < -0.4 is 10.6 Å². The minimum absolute atomic E-state index is 0.773. The zero-order valence-electron chi connectivity index (χ0n) is 11.3. The molecule has 0 nitrogen and oxygen atoms in total. The predicted molar refractivity (Wildman–Crippen MR) is 83.9 cm³/mol. The highest BCUT2D eigenvalue weighted by Gasteiger charge is 2.16. The van der Waals surface area contributed by atoms with E-state index in [-0.39, 0.29) is 0 Å². The summed E-state index contributed by atoms with van der Waals surface area (Å²) in [7, 11) is -0.773. The van der Waals surface area contributed by atoms with Crippen molar-refractivity contribution >= 4 is 29.1 Å². The van der Waals surface area contributed by atoms with Gasteiger partial charge in [-0.15, -0.1) is 0 Å². The molecule has 0 amide bonds. The first-order valence-corrected chi connectivity index (χ1v) is 8.35. The van der Waals surface area contributed by atoms with Crippen molar-refractivity contribution in [2.24, 2.45) is 0 Å². The first-order chi connectivity index (χ1) is 8.52. The summed E-state index contributed by atoms with van der Waals surface area (Å²) in [6.07, 6.45) is 0. The lowest BCUT2D eigenvalue weighted by atomic mass is 10.1. The number of halogens is 1. The van der Waals surface area contributed by atoms with Crippen molar-refractivity contribution in [1.29, 1.82) is 0 Å². The maximum atomic E-state index is 6.75. The van der Waals surface area contributed by atoms with Crippen molar-refractivity contribution in [1.82, 2.24) is 0 Å². The highest BCUT2D eigenvalue weighted by atomic mass is 35.7. The fourth-order valence-corrected chi connectivity index (χ4v) is 4.76. The van der Waals surface area contributed by atoms with Crippen molar-refractivity contribution in [2.45, 2.75) is 27.7 Å². The molecule has 0 bridgehead atoms. The molecular weight excluding hydrogens is 259 g/mol. The van der Waals surface area contributed by atoms with Crippen molar-refractivity contribution in [3.8, 4) is 0 Å². The Morgan fingerprint density at radius 1 is 0.722 bits per heavy atom. The topological polar surface area (TPSA) is 0 Å². The van der Waals surface area contributed by atoms with Crippen molar-refractivity contribution in [2.75, 3.05) is 0 Å². The third-order valence-corrected chi connectivity index (χ3v) is 6.48. The molecule has 0 unspecified atom stereocenters. The molecule has 2 aromatic rings. The van der Waals surface area contributed by atoms with E-state index in [1.165, 1.54) is 32.9 Å². The summed E-state index contributed by atoms with van der Waals surface area (Å²) < 4.78 is 0. The molecule has 0 saturated carbocycles. The molecule has 0 heterocycles. The largest absolute Gasteiger partial charge is 0.0858 e. The predicted octanol–water partition coefficient (Wildman–Crippen LogP) is 4.51. The quantitative estimate of drug-likeness (QED) is 0.708. The summed E-state index contributed by atoms with van der Waals surface area (Å²) in [6.45, 7) is 8.60. The molecule has 2 rings (SSSR count). The van der Waals surface area contributed by atoms with E-state index in [9.17, 15) is 0 Å². The molecule has 0 fully saturated rings. The fourth-order valence-electron chi connectivity index (χ4n) is 2.03. The Bertz CT molecular complexity index is 524. The van der Waals surface area contributed by atoms with Gasteiger partial charge in [0, 0.05) is 0 Å². The Labute approximate surface area is 116 Å². The molecular formula is C16H18ClP. The Morgan fingerprint density at radius 2 is 1.11 bits per heavy atom. The number of hydrogen-bond donors (Lipinski definition) is 0. The van der Waals surface area contributed by atoms with Crippen molar-refractivity contribution < 1.29 is 0 Å². The molecule has 2 heteroatoms. The minimum atomic E-state index is -0.773. The van der Waals surface area contributed by atoms with Crippen LogP contribution in [0, 0.1) is 27.7 Å². The van der Waals surface area contributed by atoms with Gasteiger partial charge in [0.2, 0.25) is 0 Å². The SMILES string of the molecule is Cc1cccc(P(Cl)c2cccc(C)c2C)c1C. The highest BCUT2D eigenvalue weighted by Crippen LogP contribution is 2.41. The van der Waals surface area contributed by atoms with Crippen LogP contribution in [0.3, 0.4) is 0 Å². The molecule has 0 spiro atoms. The third kappa shape index (κ3) is 2.46. The average Bonchev–Trinajstić information content (AvgIpc) is 2.35. The summed E-state index contributed by atoms with van der Waals surface area (Å²) in [4.78, 5) is 0. The van der Waals surface area contributed by atoms with Gasteiger partial charge in [-0.25, -0.2) is 0 Å². The zero-order valence-corrected chi connectivity index (χ0v) is 12.9. The van der Waals surface area contributed by atoms with E-state index in [1.807, 2.05) is 0 Å². The van der Waals surface area contributed by atoms with Crippen LogP contribution in [-0.2, 0) is 0 Å². The van der Waals surface area contributed by atoms with Crippen LogP contribution >= 0.6 is 18.5 Å². The van der Waals surface area contributed by atoms with Gasteiger partial charge in [0.15, 0.2) is 0 Å². The van der Waals surface area contributed by atoms with Gasteiger partial charge in [-0.3, -0.25) is 0 Å². The Hall–Kier alpha value is -0.840. The molecule has 0 aromatic heterocycles. The summed E-state index contributed by atoms with van der Waals surface area (Å²) in [5.41, 5.74) is 5.26. The number of hydrogen-bond acceptors (Lipinski definition) is 0. The number of benzene rings is 2. The number of rotatable bonds is 2. The lowest BCUT2D eigenvalue weighted by molar-refractivity contribution is 1.36. The first-order valence-electron chi connectivity index (χ1n) is 6.10.